The first-order valence-electron chi connectivity index (χ1n) is 6.59. The molecular formula is C13H21N3O3. The van der Waals surface area contributed by atoms with Gasteiger partial charge in [0.25, 0.3) is 0 Å². The number of anilines is 1. The Morgan fingerprint density at radius 1 is 1.47 bits per heavy atom. The Morgan fingerprint density at radius 2 is 2.16 bits per heavy atom. The molecule has 1 saturated heterocycles. The summed E-state index contributed by atoms with van der Waals surface area (Å²) in [5.41, 5.74) is -0.438. The van der Waals surface area contributed by atoms with E-state index < -0.39 is 5.60 Å². The summed E-state index contributed by atoms with van der Waals surface area (Å²) in [6.45, 7) is 7.03. The molecule has 0 unspecified atom stereocenters. The van der Waals surface area contributed by atoms with Gasteiger partial charge in [-0.3, -0.25) is 0 Å². The minimum absolute atomic E-state index is 0.229. The van der Waals surface area contributed by atoms with Crippen molar-refractivity contribution in [3.63, 3.8) is 0 Å². The molecule has 0 aromatic carbocycles. The van der Waals surface area contributed by atoms with Crippen LogP contribution in [0.15, 0.2) is 16.9 Å². The van der Waals surface area contributed by atoms with Crippen LogP contribution in [0.1, 0.15) is 33.6 Å². The van der Waals surface area contributed by atoms with Crippen molar-refractivity contribution in [2.75, 3.05) is 18.4 Å². The Kier molecular flexibility index (Phi) is 3.97. The van der Waals surface area contributed by atoms with E-state index in [9.17, 15) is 4.79 Å². The van der Waals surface area contributed by atoms with Crippen LogP contribution in [-0.4, -0.2) is 40.9 Å². The van der Waals surface area contributed by atoms with Gasteiger partial charge in [-0.2, -0.15) is 0 Å². The van der Waals surface area contributed by atoms with Gasteiger partial charge in [0.05, 0.1) is 0 Å². The molecule has 1 aliphatic rings. The third kappa shape index (κ3) is 4.15. The van der Waals surface area contributed by atoms with Crippen molar-refractivity contribution in [2.45, 2.75) is 45.3 Å². The molecule has 6 nitrogen and oxygen atoms in total. The van der Waals surface area contributed by atoms with Crippen molar-refractivity contribution in [3.8, 4) is 0 Å². The topological polar surface area (TPSA) is 67.6 Å². The highest BCUT2D eigenvalue weighted by Gasteiger charge is 2.26. The average molecular weight is 267 g/mol. The van der Waals surface area contributed by atoms with Gasteiger partial charge in [-0.25, -0.2) is 4.79 Å². The molecule has 2 heterocycles. The molecule has 0 bridgehead atoms. The molecule has 1 fully saturated rings. The zero-order valence-electron chi connectivity index (χ0n) is 11.7. The monoisotopic (exact) mass is 267 g/mol. The van der Waals surface area contributed by atoms with Gasteiger partial charge in [0, 0.05) is 25.2 Å². The SMILES string of the molecule is CC(C)(C)OC(=O)N1CCC(Nc2ccon2)CC1. The van der Waals surface area contributed by atoms with Crippen LogP contribution in [0.4, 0.5) is 10.6 Å². The van der Waals surface area contributed by atoms with Gasteiger partial charge >= 0.3 is 6.09 Å². The normalized spacial score (nSPS) is 17.3. The van der Waals surface area contributed by atoms with Crippen molar-refractivity contribution < 1.29 is 14.1 Å². The Balaban J connectivity index is 1.77. The highest BCUT2D eigenvalue weighted by Crippen LogP contribution is 2.17. The molecule has 1 aromatic rings. The van der Waals surface area contributed by atoms with Crippen LogP contribution in [0.5, 0.6) is 0 Å². The smallest absolute Gasteiger partial charge is 0.410 e. The second kappa shape index (κ2) is 5.50. The van der Waals surface area contributed by atoms with E-state index in [4.69, 9.17) is 9.26 Å². The Hall–Kier alpha value is -1.72. The van der Waals surface area contributed by atoms with Crippen molar-refractivity contribution in [1.82, 2.24) is 10.1 Å². The van der Waals surface area contributed by atoms with E-state index >= 15 is 0 Å². The Bertz CT molecular complexity index is 403. The van der Waals surface area contributed by atoms with Crippen LogP contribution in [0, 0.1) is 0 Å². The third-order valence-corrected chi connectivity index (χ3v) is 2.94. The molecule has 0 aliphatic carbocycles. The lowest BCUT2D eigenvalue weighted by molar-refractivity contribution is 0.0210. The second-order valence-electron chi connectivity index (χ2n) is 5.77. The van der Waals surface area contributed by atoms with Gasteiger partial charge in [-0.05, 0) is 33.6 Å². The molecule has 0 radical (unpaired) electrons. The standard InChI is InChI=1S/C13H21N3O3/c1-13(2,3)19-12(17)16-7-4-10(5-8-16)14-11-6-9-18-15-11/h6,9-10H,4-5,7-8H2,1-3H3,(H,14,15). The summed E-state index contributed by atoms with van der Waals surface area (Å²) in [6, 6.07) is 2.11. The van der Waals surface area contributed by atoms with Crippen molar-refractivity contribution in [2.24, 2.45) is 0 Å². The molecule has 1 amide bonds. The second-order valence-corrected chi connectivity index (χ2v) is 5.77. The summed E-state index contributed by atoms with van der Waals surface area (Å²) in [5, 5.41) is 7.11. The fourth-order valence-corrected chi connectivity index (χ4v) is 2.03. The van der Waals surface area contributed by atoms with Crippen molar-refractivity contribution in [3.05, 3.63) is 12.3 Å². The minimum Gasteiger partial charge on any atom is -0.444 e. The number of nitrogens with one attached hydrogen (secondary N) is 1. The predicted molar refractivity (Wildman–Crippen MR) is 71.0 cm³/mol. The molecule has 0 saturated carbocycles. The van der Waals surface area contributed by atoms with E-state index in [2.05, 4.69) is 10.5 Å². The van der Waals surface area contributed by atoms with Crippen LogP contribution < -0.4 is 5.32 Å². The van der Waals surface area contributed by atoms with E-state index in [1.165, 1.54) is 6.26 Å². The number of hydrogen-bond donors (Lipinski definition) is 1. The van der Waals surface area contributed by atoms with Gasteiger partial charge in [-0.15, -0.1) is 0 Å². The molecule has 0 atom stereocenters. The summed E-state index contributed by atoms with van der Waals surface area (Å²) in [4.78, 5) is 13.6. The number of hydrogen-bond acceptors (Lipinski definition) is 5. The van der Waals surface area contributed by atoms with Crippen molar-refractivity contribution >= 4 is 11.9 Å². The molecule has 6 heteroatoms. The van der Waals surface area contributed by atoms with Crippen LogP contribution >= 0.6 is 0 Å². The van der Waals surface area contributed by atoms with Gasteiger partial charge in [0.15, 0.2) is 5.82 Å². The summed E-state index contributed by atoms with van der Waals surface area (Å²) in [5.74, 6) is 0.746. The summed E-state index contributed by atoms with van der Waals surface area (Å²) < 4.78 is 10.1. The number of nitrogens with zero attached hydrogens (tertiary/aromatic N) is 2. The van der Waals surface area contributed by atoms with Gasteiger partial charge in [0.2, 0.25) is 0 Å². The lowest BCUT2D eigenvalue weighted by atomic mass is 10.1. The van der Waals surface area contributed by atoms with E-state index in [1.807, 2.05) is 20.8 Å². The zero-order chi connectivity index (χ0) is 13.9. The maximum Gasteiger partial charge on any atom is 0.410 e. The minimum atomic E-state index is -0.438. The third-order valence-electron chi connectivity index (χ3n) is 2.94. The molecule has 19 heavy (non-hydrogen) atoms. The molecule has 1 aromatic heterocycles. The molecular weight excluding hydrogens is 246 g/mol. The fourth-order valence-electron chi connectivity index (χ4n) is 2.03. The number of likely N-dealkylation sites (tertiary alicyclic amines) is 1. The van der Waals surface area contributed by atoms with E-state index in [-0.39, 0.29) is 6.09 Å². The lowest BCUT2D eigenvalue weighted by Crippen LogP contribution is -2.44. The van der Waals surface area contributed by atoms with E-state index in [0.717, 1.165) is 18.7 Å². The highest BCUT2D eigenvalue weighted by molar-refractivity contribution is 5.68. The first-order chi connectivity index (χ1) is 8.94. The maximum absolute atomic E-state index is 11.9. The van der Waals surface area contributed by atoms with Crippen LogP contribution in [0.2, 0.25) is 0 Å². The molecule has 2 rings (SSSR count). The number of ether oxygens (including phenoxy) is 1. The van der Waals surface area contributed by atoms with E-state index in [0.29, 0.717) is 19.1 Å². The Labute approximate surface area is 113 Å². The number of carbonyl (C=O) groups is 1. The van der Waals surface area contributed by atoms with Gasteiger partial charge < -0.3 is 19.5 Å². The zero-order valence-corrected chi connectivity index (χ0v) is 11.7. The van der Waals surface area contributed by atoms with Crippen molar-refractivity contribution in [1.29, 1.82) is 0 Å². The summed E-state index contributed by atoms with van der Waals surface area (Å²) >= 11 is 0. The lowest BCUT2D eigenvalue weighted by Gasteiger charge is -2.33. The van der Waals surface area contributed by atoms with Crippen LogP contribution in [0.25, 0.3) is 0 Å². The maximum atomic E-state index is 11.9. The molecule has 106 valence electrons. The Morgan fingerprint density at radius 3 is 2.68 bits per heavy atom. The predicted octanol–water partition coefficient (Wildman–Crippen LogP) is 2.49. The largest absolute Gasteiger partial charge is 0.444 e. The molecule has 1 N–H and O–H groups in total. The molecule has 1 aliphatic heterocycles. The van der Waals surface area contributed by atoms with Crippen LogP contribution in [-0.2, 0) is 4.74 Å². The van der Waals surface area contributed by atoms with Gasteiger partial charge in [0.1, 0.15) is 11.9 Å². The summed E-state index contributed by atoms with van der Waals surface area (Å²) in [6.07, 6.45) is 3.07. The number of amides is 1. The van der Waals surface area contributed by atoms with E-state index in [1.54, 1.807) is 11.0 Å². The highest BCUT2D eigenvalue weighted by atomic mass is 16.6. The quantitative estimate of drug-likeness (QED) is 0.891. The first-order valence-corrected chi connectivity index (χ1v) is 6.59. The van der Waals surface area contributed by atoms with Gasteiger partial charge in [-0.1, -0.05) is 5.16 Å². The number of rotatable bonds is 2. The number of piperidine rings is 1. The number of carbonyl (C=O) groups excluding carboxylic acids is 1. The molecule has 0 spiro atoms. The fraction of sp³-hybridized carbons (Fsp3) is 0.692. The first kappa shape index (κ1) is 13.7. The number of aromatic nitrogens is 1. The summed E-state index contributed by atoms with van der Waals surface area (Å²) in [7, 11) is 0. The average Bonchev–Trinajstić information content (AvgIpc) is 2.80. The van der Waals surface area contributed by atoms with Crippen LogP contribution in [0.3, 0.4) is 0 Å².